The maximum atomic E-state index is 13.8. The molecule has 0 atom stereocenters. The van der Waals surface area contributed by atoms with Crippen molar-refractivity contribution in [1.82, 2.24) is 9.66 Å². The van der Waals surface area contributed by atoms with Crippen LogP contribution >= 0.6 is 11.6 Å². The van der Waals surface area contributed by atoms with Crippen molar-refractivity contribution in [2.75, 3.05) is 13.7 Å². The minimum Gasteiger partial charge on any atom is -0.496 e. The molecule has 0 radical (unpaired) electrons. The number of methoxy groups -OCH3 is 1. The average molecular weight is 596 g/mol. The Hall–Kier alpha value is -4.62. The van der Waals surface area contributed by atoms with Crippen LogP contribution in [0.1, 0.15) is 48.9 Å². The molecule has 5 aromatic rings. The minimum atomic E-state index is -0.258. The molecule has 0 spiro atoms. The summed E-state index contributed by atoms with van der Waals surface area (Å²) in [5.74, 6) is 2.65. The van der Waals surface area contributed by atoms with Crippen LogP contribution in [-0.4, -0.2) is 29.6 Å². The van der Waals surface area contributed by atoms with Crippen LogP contribution in [0.4, 0.5) is 0 Å². The lowest BCUT2D eigenvalue weighted by Gasteiger charge is -2.17. The van der Waals surface area contributed by atoms with Crippen molar-refractivity contribution >= 4 is 28.7 Å². The van der Waals surface area contributed by atoms with E-state index >= 15 is 0 Å². The molecule has 7 nitrogen and oxygen atoms in total. The predicted octanol–water partition coefficient (Wildman–Crippen LogP) is 8.02. The van der Waals surface area contributed by atoms with Crippen LogP contribution in [0.15, 0.2) is 88.8 Å². The van der Waals surface area contributed by atoms with Crippen molar-refractivity contribution in [3.05, 3.63) is 116 Å². The fourth-order valence-corrected chi connectivity index (χ4v) is 4.96. The smallest absolute Gasteiger partial charge is 0.282 e. The van der Waals surface area contributed by atoms with E-state index in [1.807, 2.05) is 86.6 Å². The number of aryl methyl sites for hydroxylation is 1. The molecule has 0 fully saturated rings. The maximum absolute atomic E-state index is 13.8. The molecule has 0 saturated carbocycles. The van der Waals surface area contributed by atoms with Crippen LogP contribution in [0, 0.1) is 6.92 Å². The molecule has 220 valence electrons. The zero-order valence-corrected chi connectivity index (χ0v) is 25.7. The molecule has 0 N–H and O–H groups in total. The number of hydrogen-bond acceptors (Lipinski definition) is 6. The van der Waals surface area contributed by atoms with E-state index in [9.17, 15) is 4.79 Å². The van der Waals surface area contributed by atoms with E-state index in [1.54, 1.807) is 19.4 Å². The fraction of sp³-hybridized carbons (Fsp3) is 0.229. The van der Waals surface area contributed by atoms with Crippen molar-refractivity contribution in [2.24, 2.45) is 5.10 Å². The number of halogens is 1. The van der Waals surface area contributed by atoms with Crippen LogP contribution in [-0.2, 0) is 6.61 Å². The summed E-state index contributed by atoms with van der Waals surface area (Å²) in [5, 5.41) is 5.83. The molecule has 0 saturated heterocycles. The molecule has 1 aromatic heterocycles. The Bertz CT molecular complexity index is 1850. The van der Waals surface area contributed by atoms with Crippen molar-refractivity contribution in [3.63, 3.8) is 0 Å². The molecule has 0 amide bonds. The van der Waals surface area contributed by atoms with Gasteiger partial charge in [0.1, 0.15) is 12.4 Å². The van der Waals surface area contributed by atoms with Crippen molar-refractivity contribution in [1.29, 1.82) is 0 Å². The standard InChI is InChI=1S/C35H34ClN3O4/c1-6-42-33-18-25(13-16-31(33)43-21-24-11-14-26(36)15-12-24)20-37-39-34(38-30-10-8-7-9-27(30)35(39)40)29-19-28(22(2)3)32(41-5)17-23(29)4/h7-20,22H,6,21H2,1-5H3. The number of ether oxygens (including phenoxy) is 3. The van der Waals surface area contributed by atoms with Gasteiger partial charge in [-0.25, -0.2) is 4.98 Å². The first-order valence-corrected chi connectivity index (χ1v) is 14.6. The van der Waals surface area contributed by atoms with Crippen LogP contribution in [0.2, 0.25) is 5.02 Å². The summed E-state index contributed by atoms with van der Waals surface area (Å²) in [7, 11) is 1.67. The van der Waals surface area contributed by atoms with E-state index in [0.29, 0.717) is 46.5 Å². The maximum Gasteiger partial charge on any atom is 0.282 e. The summed E-state index contributed by atoms with van der Waals surface area (Å²) in [6.07, 6.45) is 1.63. The van der Waals surface area contributed by atoms with Crippen molar-refractivity contribution < 1.29 is 14.2 Å². The van der Waals surface area contributed by atoms with Gasteiger partial charge in [-0.1, -0.05) is 49.7 Å². The van der Waals surface area contributed by atoms with E-state index < -0.39 is 0 Å². The van der Waals surface area contributed by atoms with Crippen LogP contribution < -0.4 is 19.8 Å². The zero-order chi connectivity index (χ0) is 30.5. The zero-order valence-electron chi connectivity index (χ0n) is 24.9. The van der Waals surface area contributed by atoms with Gasteiger partial charge in [-0.15, -0.1) is 0 Å². The molecule has 8 heteroatoms. The predicted molar refractivity (Wildman–Crippen MR) is 173 cm³/mol. The van der Waals surface area contributed by atoms with Gasteiger partial charge in [0.15, 0.2) is 17.3 Å². The average Bonchev–Trinajstić information content (AvgIpc) is 3.00. The van der Waals surface area contributed by atoms with Crippen LogP contribution in [0.3, 0.4) is 0 Å². The number of para-hydroxylation sites is 1. The van der Waals surface area contributed by atoms with Gasteiger partial charge in [-0.3, -0.25) is 4.79 Å². The SMILES string of the molecule is CCOc1cc(C=Nn2c(-c3cc(C(C)C)c(OC)cc3C)nc3ccccc3c2=O)ccc1OCc1ccc(Cl)cc1. The first-order chi connectivity index (χ1) is 20.8. The Morgan fingerprint density at radius 2 is 1.72 bits per heavy atom. The Morgan fingerprint density at radius 1 is 0.953 bits per heavy atom. The Balaban J connectivity index is 1.56. The van der Waals surface area contributed by atoms with Gasteiger partial charge < -0.3 is 14.2 Å². The lowest BCUT2D eigenvalue weighted by atomic mass is 9.96. The number of benzene rings is 4. The van der Waals surface area contributed by atoms with Gasteiger partial charge >= 0.3 is 0 Å². The largest absolute Gasteiger partial charge is 0.496 e. The van der Waals surface area contributed by atoms with Gasteiger partial charge in [0.2, 0.25) is 0 Å². The topological polar surface area (TPSA) is 74.9 Å². The Kier molecular flexibility index (Phi) is 9.12. The molecule has 0 aliphatic rings. The quantitative estimate of drug-likeness (QED) is 0.153. The molecule has 4 aromatic carbocycles. The van der Waals surface area contributed by atoms with Crippen LogP contribution in [0.25, 0.3) is 22.3 Å². The normalized spacial score (nSPS) is 11.4. The number of nitrogens with zero attached hydrogens (tertiary/aromatic N) is 3. The van der Waals surface area contributed by atoms with E-state index in [2.05, 4.69) is 18.9 Å². The highest BCUT2D eigenvalue weighted by Gasteiger charge is 2.18. The highest BCUT2D eigenvalue weighted by atomic mass is 35.5. The molecule has 0 aliphatic carbocycles. The molecule has 0 unspecified atom stereocenters. The number of aromatic nitrogens is 2. The van der Waals surface area contributed by atoms with Crippen molar-refractivity contribution in [3.8, 4) is 28.6 Å². The van der Waals surface area contributed by atoms with Gasteiger partial charge in [0.05, 0.1) is 30.8 Å². The molecule has 0 aliphatic heterocycles. The third-order valence-electron chi connectivity index (χ3n) is 7.09. The highest BCUT2D eigenvalue weighted by Crippen LogP contribution is 2.34. The number of fused-ring (bicyclic) bond motifs is 1. The summed E-state index contributed by atoms with van der Waals surface area (Å²) in [6, 6.07) is 24.4. The summed E-state index contributed by atoms with van der Waals surface area (Å²) in [5.41, 5.74) is 4.84. The number of rotatable bonds is 10. The minimum absolute atomic E-state index is 0.204. The van der Waals surface area contributed by atoms with E-state index in [1.165, 1.54) is 4.68 Å². The highest BCUT2D eigenvalue weighted by molar-refractivity contribution is 6.30. The second-order valence-electron chi connectivity index (χ2n) is 10.4. The van der Waals surface area contributed by atoms with Gasteiger partial charge in [0, 0.05) is 10.6 Å². The summed E-state index contributed by atoms with van der Waals surface area (Å²) in [6.45, 7) is 8.94. The molecular formula is C35H34ClN3O4. The molecule has 1 heterocycles. The first-order valence-electron chi connectivity index (χ1n) is 14.2. The van der Waals surface area contributed by atoms with E-state index in [-0.39, 0.29) is 11.5 Å². The summed E-state index contributed by atoms with van der Waals surface area (Å²) < 4.78 is 19.0. The van der Waals surface area contributed by atoms with E-state index in [0.717, 1.165) is 33.6 Å². The van der Waals surface area contributed by atoms with Gasteiger partial charge in [-0.05, 0) is 96.6 Å². The summed E-state index contributed by atoms with van der Waals surface area (Å²) >= 11 is 6.01. The van der Waals surface area contributed by atoms with Crippen molar-refractivity contribution in [2.45, 2.75) is 40.2 Å². The lowest BCUT2D eigenvalue weighted by molar-refractivity contribution is 0.269. The van der Waals surface area contributed by atoms with Crippen LogP contribution in [0.5, 0.6) is 17.2 Å². The number of hydrogen-bond donors (Lipinski definition) is 0. The van der Waals surface area contributed by atoms with Gasteiger partial charge in [0.25, 0.3) is 5.56 Å². The van der Waals surface area contributed by atoms with Gasteiger partial charge in [-0.2, -0.15) is 9.78 Å². The molecular weight excluding hydrogens is 562 g/mol. The monoisotopic (exact) mass is 595 g/mol. The Labute approximate surface area is 256 Å². The third kappa shape index (κ3) is 6.57. The first kappa shape index (κ1) is 29.9. The molecule has 0 bridgehead atoms. The second-order valence-corrected chi connectivity index (χ2v) is 10.9. The third-order valence-corrected chi connectivity index (χ3v) is 7.34. The van der Waals surface area contributed by atoms with E-state index in [4.69, 9.17) is 30.8 Å². The summed E-state index contributed by atoms with van der Waals surface area (Å²) in [4.78, 5) is 18.7. The Morgan fingerprint density at radius 3 is 2.44 bits per heavy atom. The molecule has 5 rings (SSSR count). The fourth-order valence-electron chi connectivity index (χ4n) is 4.83. The molecule has 43 heavy (non-hydrogen) atoms. The second kappa shape index (κ2) is 13.1. The lowest BCUT2D eigenvalue weighted by Crippen LogP contribution is -2.20.